The van der Waals surface area contributed by atoms with Crippen molar-refractivity contribution < 1.29 is 45.1 Å². The van der Waals surface area contributed by atoms with Gasteiger partial charge in [-0.2, -0.15) is 0 Å². The summed E-state index contributed by atoms with van der Waals surface area (Å²) in [5.41, 5.74) is -0.353. The van der Waals surface area contributed by atoms with Crippen LogP contribution in [0, 0.1) is 0 Å². The van der Waals surface area contributed by atoms with Gasteiger partial charge in [-0.15, -0.1) is 13.2 Å². The Kier molecular flexibility index (Phi) is 7.04. The molecule has 0 N–H and O–H groups in total. The van der Waals surface area contributed by atoms with E-state index in [4.69, 9.17) is 18.1 Å². The van der Waals surface area contributed by atoms with Crippen LogP contribution in [-0.2, 0) is 27.2 Å². The van der Waals surface area contributed by atoms with E-state index in [2.05, 4.69) is 4.74 Å². The minimum atomic E-state index is -5.02. The van der Waals surface area contributed by atoms with Gasteiger partial charge in [-0.1, -0.05) is 18.2 Å². The third-order valence-electron chi connectivity index (χ3n) is 3.04. The molecule has 0 bridgehead atoms. The average Bonchev–Trinajstić information content (AvgIpc) is 2.54. The van der Waals surface area contributed by atoms with Crippen molar-refractivity contribution in [3.63, 3.8) is 0 Å². The van der Waals surface area contributed by atoms with Crippen molar-refractivity contribution in [3.8, 4) is 5.75 Å². The van der Waals surface area contributed by atoms with E-state index < -0.39 is 32.7 Å². The zero-order chi connectivity index (χ0) is 18.6. The van der Waals surface area contributed by atoms with Gasteiger partial charge >= 0.3 is 21.6 Å². The minimum Gasteiger partial charge on any atom is -0.405 e. The van der Waals surface area contributed by atoms with Gasteiger partial charge in [0, 0.05) is 34.0 Å². The number of alkyl halides is 3. The van der Waals surface area contributed by atoms with Crippen LogP contribution in [0.5, 0.6) is 5.75 Å². The molecule has 0 aliphatic heterocycles. The van der Waals surface area contributed by atoms with E-state index >= 15 is 0 Å². The lowest BCUT2D eigenvalue weighted by atomic mass is 10.2. The van der Waals surface area contributed by atoms with Crippen molar-refractivity contribution in [1.29, 1.82) is 0 Å². The zero-order valence-electron chi connectivity index (χ0n) is 13.3. The van der Waals surface area contributed by atoms with Gasteiger partial charge < -0.3 is 22.8 Å². The van der Waals surface area contributed by atoms with Crippen molar-refractivity contribution in [1.82, 2.24) is 0 Å². The molecule has 0 aliphatic carbocycles. The molecule has 0 saturated carbocycles. The van der Waals surface area contributed by atoms with Crippen molar-refractivity contribution in [2.75, 3.05) is 28.4 Å². The highest BCUT2D eigenvalue weighted by Gasteiger charge is 2.52. The Labute approximate surface area is 137 Å². The summed E-state index contributed by atoms with van der Waals surface area (Å²) >= 11 is 0. The maximum absolute atomic E-state index is 12.8. The number of ether oxygens (including phenoxy) is 1. The molecule has 1 rings (SSSR count). The molecule has 0 atom stereocenters. The number of hydrogen-bond acceptors (Lipinski definition) is 7. The molecule has 1 aromatic rings. The van der Waals surface area contributed by atoms with Crippen LogP contribution < -0.4 is 4.74 Å². The molecule has 0 saturated heterocycles. The Morgan fingerprint density at radius 1 is 0.875 bits per heavy atom. The second kappa shape index (κ2) is 7.99. The third-order valence-corrected chi connectivity index (χ3v) is 8.53. The van der Waals surface area contributed by atoms with Gasteiger partial charge in [0.1, 0.15) is 5.75 Å². The van der Waals surface area contributed by atoms with Gasteiger partial charge in [-0.05, 0) is 6.07 Å². The summed E-state index contributed by atoms with van der Waals surface area (Å²) in [6.45, 7) is 0. The van der Waals surface area contributed by atoms with Gasteiger partial charge in [0.2, 0.25) is 0 Å². The molecule has 24 heavy (non-hydrogen) atoms. The van der Waals surface area contributed by atoms with Crippen LogP contribution >= 0.6 is 15.2 Å². The monoisotopic (exact) mass is 392 g/mol. The van der Waals surface area contributed by atoms with E-state index in [-0.39, 0.29) is 5.56 Å². The van der Waals surface area contributed by atoms with Crippen LogP contribution in [0.25, 0.3) is 0 Å². The van der Waals surface area contributed by atoms with Crippen LogP contribution in [0.4, 0.5) is 13.2 Å². The van der Waals surface area contributed by atoms with E-state index in [1.165, 1.54) is 12.1 Å². The Bertz CT molecular complexity index is 608. The SMILES string of the molecule is COP(=O)(OC)C(c1ccccc1OC(F)(F)F)P(=O)(OC)OC. The molecular formula is C12H17F3O7P2. The van der Waals surface area contributed by atoms with Crippen molar-refractivity contribution in [2.45, 2.75) is 11.8 Å². The predicted octanol–water partition coefficient (Wildman–Crippen LogP) is 4.56. The third kappa shape index (κ3) is 4.59. The quantitative estimate of drug-likeness (QED) is 0.600. The number of benzene rings is 1. The van der Waals surface area contributed by atoms with Crippen LogP contribution in [0.3, 0.4) is 0 Å². The van der Waals surface area contributed by atoms with E-state index in [1.807, 2.05) is 0 Å². The first-order valence-corrected chi connectivity index (χ1v) is 9.56. The van der Waals surface area contributed by atoms with E-state index in [0.29, 0.717) is 0 Å². The van der Waals surface area contributed by atoms with Crippen LogP contribution in [0.2, 0.25) is 0 Å². The summed E-state index contributed by atoms with van der Waals surface area (Å²) in [5, 5.41) is -1.78. The molecule has 0 fully saturated rings. The van der Waals surface area contributed by atoms with Crippen LogP contribution in [-0.4, -0.2) is 34.8 Å². The fraction of sp³-hybridized carbons (Fsp3) is 0.500. The summed E-state index contributed by atoms with van der Waals surface area (Å²) in [4.78, 5) is 0. The maximum Gasteiger partial charge on any atom is 0.573 e. The molecule has 0 spiro atoms. The normalized spacial score (nSPS) is 13.3. The lowest BCUT2D eigenvalue weighted by molar-refractivity contribution is -0.274. The molecule has 0 heterocycles. The first-order valence-electron chi connectivity index (χ1n) is 6.34. The topological polar surface area (TPSA) is 80.3 Å². The highest BCUT2D eigenvalue weighted by Crippen LogP contribution is 2.78. The lowest BCUT2D eigenvalue weighted by Gasteiger charge is -2.30. The van der Waals surface area contributed by atoms with Gasteiger partial charge in [-0.3, -0.25) is 9.13 Å². The maximum atomic E-state index is 12.8. The van der Waals surface area contributed by atoms with Crippen molar-refractivity contribution in [2.24, 2.45) is 0 Å². The summed E-state index contributed by atoms with van der Waals surface area (Å²) < 4.78 is 86.6. The van der Waals surface area contributed by atoms with E-state index in [0.717, 1.165) is 40.6 Å². The number of rotatable bonds is 8. The Hall–Kier alpha value is -0.890. The Morgan fingerprint density at radius 2 is 1.29 bits per heavy atom. The summed E-state index contributed by atoms with van der Waals surface area (Å²) in [5.74, 6) is -0.723. The smallest absolute Gasteiger partial charge is 0.405 e. The van der Waals surface area contributed by atoms with E-state index in [1.54, 1.807) is 0 Å². The molecule has 0 aliphatic rings. The fourth-order valence-electron chi connectivity index (χ4n) is 1.97. The lowest BCUT2D eigenvalue weighted by Crippen LogP contribution is -2.19. The Morgan fingerprint density at radius 3 is 1.67 bits per heavy atom. The molecule has 0 aromatic heterocycles. The number of halogens is 3. The first kappa shape index (κ1) is 21.2. The van der Waals surface area contributed by atoms with Gasteiger partial charge in [-0.25, -0.2) is 0 Å². The van der Waals surface area contributed by atoms with Gasteiger partial charge in [0.05, 0.1) is 0 Å². The minimum absolute atomic E-state index is 0.353. The summed E-state index contributed by atoms with van der Waals surface area (Å²) in [6.07, 6.45) is -5.02. The largest absolute Gasteiger partial charge is 0.573 e. The first-order chi connectivity index (χ1) is 11.1. The molecule has 7 nitrogen and oxygen atoms in total. The zero-order valence-corrected chi connectivity index (χ0v) is 15.1. The fourth-order valence-corrected chi connectivity index (χ4v) is 6.70. The molecule has 138 valence electrons. The summed E-state index contributed by atoms with van der Waals surface area (Å²) in [7, 11) is -4.44. The molecule has 12 heteroatoms. The molecule has 0 unspecified atom stereocenters. The molecule has 0 radical (unpaired) electrons. The number of hydrogen-bond donors (Lipinski definition) is 0. The highest BCUT2D eigenvalue weighted by atomic mass is 31.2. The molecule has 1 aromatic carbocycles. The Balaban J connectivity index is 3.64. The van der Waals surface area contributed by atoms with Crippen LogP contribution in [0.1, 0.15) is 11.0 Å². The average molecular weight is 392 g/mol. The van der Waals surface area contributed by atoms with Crippen molar-refractivity contribution >= 4 is 15.2 Å². The molecule has 0 amide bonds. The predicted molar refractivity (Wildman–Crippen MR) is 79.1 cm³/mol. The molecular weight excluding hydrogens is 375 g/mol. The summed E-state index contributed by atoms with van der Waals surface area (Å²) in [6, 6.07) is 4.72. The van der Waals surface area contributed by atoms with Crippen LogP contribution in [0.15, 0.2) is 24.3 Å². The second-order valence-electron chi connectivity index (χ2n) is 4.27. The van der Waals surface area contributed by atoms with Gasteiger partial charge in [0.25, 0.3) is 0 Å². The van der Waals surface area contributed by atoms with Gasteiger partial charge in [0.15, 0.2) is 5.40 Å². The standard InChI is InChI=1S/C12H17F3O7P2/c1-18-23(16,19-2)11(24(17,20-3)21-4)9-7-5-6-8-10(9)22-12(13,14)15/h5-8,11H,1-4H3. The van der Waals surface area contributed by atoms with Crippen molar-refractivity contribution in [3.05, 3.63) is 29.8 Å². The second-order valence-corrected chi connectivity index (χ2v) is 9.33. The number of para-hydroxylation sites is 1. The highest BCUT2D eigenvalue weighted by molar-refractivity contribution is 7.72. The van der Waals surface area contributed by atoms with E-state index in [9.17, 15) is 22.3 Å².